The SMILES string of the molecule is COc1cc(OC)c(OC)cc1/C=C/c1ccc2ccccc2n1. The molecule has 2 aromatic carbocycles. The van der Waals surface area contributed by atoms with E-state index < -0.39 is 0 Å². The molecule has 24 heavy (non-hydrogen) atoms. The minimum Gasteiger partial charge on any atom is -0.496 e. The van der Waals surface area contributed by atoms with E-state index in [0.717, 1.165) is 22.2 Å². The average Bonchev–Trinajstić information content (AvgIpc) is 2.65. The molecule has 0 N–H and O–H groups in total. The maximum absolute atomic E-state index is 5.44. The highest BCUT2D eigenvalue weighted by Crippen LogP contribution is 2.35. The van der Waals surface area contributed by atoms with E-state index in [1.807, 2.05) is 54.6 Å². The van der Waals surface area contributed by atoms with Gasteiger partial charge in [0.05, 0.1) is 32.5 Å². The molecule has 0 spiro atoms. The van der Waals surface area contributed by atoms with Crippen molar-refractivity contribution in [3.8, 4) is 17.2 Å². The third-order valence-electron chi connectivity index (χ3n) is 3.79. The molecule has 0 aliphatic heterocycles. The van der Waals surface area contributed by atoms with Crippen molar-refractivity contribution in [1.29, 1.82) is 0 Å². The second-order valence-corrected chi connectivity index (χ2v) is 5.21. The summed E-state index contributed by atoms with van der Waals surface area (Å²) in [6, 6.07) is 15.8. The van der Waals surface area contributed by atoms with Gasteiger partial charge in [-0.05, 0) is 30.4 Å². The fourth-order valence-corrected chi connectivity index (χ4v) is 2.53. The molecule has 0 saturated carbocycles. The molecule has 0 unspecified atom stereocenters. The number of hydrogen-bond donors (Lipinski definition) is 0. The van der Waals surface area contributed by atoms with Gasteiger partial charge in [0.25, 0.3) is 0 Å². The molecule has 4 nitrogen and oxygen atoms in total. The third kappa shape index (κ3) is 3.18. The van der Waals surface area contributed by atoms with Crippen molar-refractivity contribution in [2.75, 3.05) is 21.3 Å². The molecule has 0 aliphatic rings. The molecular weight excluding hydrogens is 302 g/mol. The van der Waals surface area contributed by atoms with E-state index in [9.17, 15) is 0 Å². The second-order valence-electron chi connectivity index (χ2n) is 5.21. The number of fused-ring (bicyclic) bond motifs is 1. The van der Waals surface area contributed by atoms with Crippen molar-refractivity contribution in [2.24, 2.45) is 0 Å². The fourth-order valence-electron chi connectivity index (χ4n) is 2.53. The van der Waals surface area contributed by atoms with E-state index in [1.165, 1.54) is 0 Å². The van der Waals surface area contributed by atoms with Crippen molar-refractivity contribution in [1.82, 2.24) is 4.98 Å². The van der Waals surface area contributed by atoms with Crippen LogP contribution in [0.5, 0.6) is 17.2 Å². The zero-order chi connectivity index (χ0) is 16.9. The number of rotatable bonds is 5. The van der Waals surface area contributed by atoms with Crippen LogP contribution in [-0.4, -0.2) is 26.3 Å². The monoisotopic (exact) mass is 321 g/mol. The summed E-state index contributed by atoms with van der Waals surface area (Å²) in [5.41, 5.74) is 2.74. The Hall–Kier alpha value is -3.01. The molecule has 0 atom stereocenters. The first-order valence-electron chi connectivity index (χ1n) is 7.59. The lowest BCUT2D eigenvalue weighted by atomic mass is 10.1. The predicted molar refractivity (Wildman–Crippen MR) is 96.8 cm³/mol. The van der Waals surface area contributed by atoms with Crippen molar-refractivity contribution in [2.45, 2.75) is 0 Å². The Morgan fingerprint density at radius 1 is 0.750 bits per heavy atom. The van der Waals surface area contributed by atoms with Gasteiger partial charge in [0, 0.05) is 17.0 Å². The molecule has 1 aromatic heterocycles. The van der Waals surface area contributed by atoms with E-state index in [2.05, 4.69) is 11.1 Å². The van der Waals surface area contributed by atoms with Crippen LogP contribution in [-0.2, 0) is 0 Å². The van der Waals surface area contributed by atoms with E-state index >= 15 is 0 Å². The van der Waals surface area contributed by atoms with E-state index in [4.69, 9.17) is 14.2 Å². The summed E-state index contributed by atoms with van der Waals surface area (Å²) in [5.74, 6) is 2.00. The summed E-state index contributed by atoms with van der Waals surface area (Å²) in [5, 5.41) is 1.12. The highest BCUT2D eigenvalue weighted by atomic mass is 16.5. The Morgan fingerprint density at radius 2 is 1.46 bits per heavy atom. The standard InChI is InChI=1S/C20H19NO3/c1-22-18-13-20(24-3)19(23-2)12-15(18)9-11-16-10-8-14-6-4-5-7-17(14)21-16/h4-13H,1-3H3/b11-9+. The number of para-hydroxylation sites is 1. The molecule has 3 rings (SSSR count). The molecule has 0 amide bonds. The van der Waals surface area contributed by atoms with Crippen LogP contribution in [0.1, 0.15) is 11.3 Å². The smallest absolute Gasteiger partial charge is 0.164 e. The Labute approximate surface area is 141 Å². The lowest BCUT2D eigenvalue weighted by molar-refractivity contribution is 0.348. The molecule has 0 radical (unpaired) electrons. The first-order chi connectivity index (χ1) is 11.7. The largest absolute Gasteiger partial charge is 0.496 e. The Kier molecular flexibility index (Phi) is 4.66. The zero-order valence-corrected chi connectivity index (χ0v) is 13.9. The molecule has 0 saturated heterocycles. The maximum atomic E-state index is 5.44. The number of hydrogen-bond acceptors (Lipinski definition) is 4. The van der Waals surface area contributed by atoms with Crippen LogP contribution in [0.2, 0.25) is 0 Å². The Bertz CT molecular complexity index is 887. The van der Waals surface area contributed by atoms with Crippen LogP contribution in [0, 0.1) is 0 Å². The van der Waals surface area contributed by atoms with Gasteiger partial charge in [0.2, 0.25) is 0 Å². The molecule has 3 aromatic rings. The predicted octanol–water partition coefficient (Wildman–Crippen LogP) is 4.43. The van der Waals surface area contributed by atoms with E-state index in [-0.39, 0.29) is 0 Å². The van der Waals surface area contributed by atoms with Crippen LogP contribution < -0.4 is 14.2 Å². The van der Waals surface area contributed by atoms with Gasteiger partial charge in [0.15, 0.2) is 11.5 Å². The number of aromatic nitrogens is 1. The zero-order valence-electron chi connectivity index (χ0n) is 13.9. The lowest BCUT2D eigenvalue weighted by Gasteiger charge is -2.12. The number of benzene rings is 2. The van der Waals surface area contributed by atoms with Crippen molar-refractivity contribution in [3.63, 3.8) is 0 Å². The Morgan fingerprint density at radius 3 is 2.21 bits per heavy atom. The van der Waals surface area contributed by atoms with Gasteiger partial charge < -0.3 is 14.2 Å². The Balaban J connectivity index is 1.97. The highest BCUT2D eigenvalue weighted by Gasteiger charge is 2.09. The molecule has 122 valence electrons. The number of pyridine rings is 1. The van der Waals surface area contributed by atoms with Crippen molar-refractivity contribution >= 4 is 23.1 Å². The van der Waals surface area contributed by atoms with Gasteiger partial charge >= 0.3 is 0 Å². The summed E-state index contributed by atoms with van der Waals surface area (Å²) >= 11 is 0. The summed E-state index contributed by atoms with van der Waals surface area (Å²) in [4.78, 5) is 4.64. The van der Waals surface area contributed by atoms with Gasteiger partial charge in [-0.25, -0.2) is 4.98 Å². The summed E-state index contributed by atoms with van der Waals surface area (Å²) in [6.07, 6.45) is 3.91. The van der Waals surface area contributed by atoms with Crippen LogP contribution in [0.25, 0.3) is 23.1 Å². The van der Waals surface area contributed by atoms with E-state index in [1.54, 1.807) is 21.3 Å². The molecule has 4 heteroatoms. The maximum Gasteiger partial charge on any atom is 0.164 e. The normalized spacial score (nSPS) is 11.0. The summed E-state index contributed by atoms with van der Waals surface area (Å²) in [6.45, 7) is 0. The highest BCUT2D eigenvalue weighted by molar-refractivity contribution is 5.81. The minimum absolute atomic E-state index is 0.635. The van der Waals surface area contributed by atoms with Crippen LogP contribution >= 0.6 is 0 Å². The van der Waals surface area contributed by atoms with Crippen molar-refractivity contribution < 1.29 is 14.2 Å². The number of nitrogens with zero attached hydrogens (tertiary/aromatic N) is 1. The minimum atomic E-state index is 0.635. The topological polar surface area (TPSA) is 40.6 Å². The van der Waals surface area contributed by atoms with Crippen LogP contribution in [0.15, 0.2) is 48.5 Å². The van der Waals surface area contributed by atoms with Crippen molar-refractivity contribution in [3.05, 3.63) is 59.8 Å². The second kappa shape index (κ2) is 7.04. The molecule has 0 aliphatic carbocycles. The van der Waals surface area contributed by atoms with Gasteiger partial charge in [-0.1, -0.05) is 24.3 Å². The third-order valence-corrected chi connectivity index (χ3v) is 3.79. The number of methoxy groups -OCH3 is 3. The van der Waals surface area contributed by atoms with Gasteiger partial charge in [-0.3, -0.25) is 0 Å². The summed E-state index contributed by atoms with van der Waals surface area (Å²) in [7, 11) is 4.85. The number of ether oxygens (including phenoxy) is 3. The summed E-state index contributed by atoms with van der Waals surface area (Å²) < 4.78 is 16.1. The van der Waals surface area contributed by atoms with E-state index in [0.29, 0.717) is 17.2 Å². The quantitative estimate of drug-likeness (QED) is 0.697. The molecule has 0 bridgehead atoms. The van der Waals surface area contributed by atoms with Gasteiger partial charge in [-0.2, -0.15) is 0 Å². The average molecular weight is 321 g/mol. The van der Waals surface area contributed by atoms with Crippen LogP contribution in [0.4, 0.5) is 0 Å². The fraction of sp³-hybridized carbons (Fsp3) is 0.150. The first-order valence-corrected chi connectivity index (χ1v) is 7.59. The molecule has 1 heterocycles. The van der Waals surface area contributed by atoms with Crippen LogP contribution in [0.3, 0.4) is 0 Å². The molecule has 0 fully saturated rings. The van der Waals surface area contributed by atoms with Gasteiger partial charge in [0.1, 0.15) is 5.75 Å². The molecular formula is C20H19NO3. The van der Waals surface area contributed by atoms with Gasteiger partial charge in [-0.15, -0.1) is 0 Å². The lowest BCUT2D eigenvalue weighted by Crippen LogP contribution is -1.94. The first kappa shape index (κ1) is 15.9.